The Balaban J connectivity index is 2.06. The molecule has 0 aliphatic carbocycles. The monoisotopic (exact) mass is 350 g/mol. The predicted octanol–water partition coefficient (Wildman–Crippen LogP) is 4.20. The Morgan fingerprint density at radius 2 is 1.58 bits per heavy atom. The lowest BCUT2D eigenvalue weighted by Gasteiger charge is -2.15. The van der Waals surface area contributed by atoms with E-state index in [1.165, 1.54) is 0 Å². The van der Waals surface area contributed by atoms with Crippen molar-refractivity contribution in [2.24, 2.45) is 0 Å². The summed E-state index contributed by atoms with van der Waals surface area (Å²) in [6.45, 7) is 0.264. The Labute approximate surface area is 151 Å². The zero-order chi connectivity index (χ0) is 18.3. The highest BCUT2D eigenvalue weighted by Crippen LogP contribution is 2.42. The third-order valence-electron chi connectivity index (χ3n) is 4.70. The highest BCUT2D eigenvalue weighted by atomic mass is 16.5. The van der Waals surface area contributed by atoms with Gasteiger partial charge in [0.1, 0.15) is 12.4 Å². The molecule has 0 fully saturated rings. The summed E-state index contributed by atoms with van der Waals surface area (Å²) in [5.41, 5.74) is 3.43. The largest absolute Gasteiger partial charge is 0.497 e. The minimum Gasteiger partial charge on any atom is -0.497 e. The van der Waals surface area contributed by atoms with Crippen LogP contribution in [0.2, 0.25) is 0 Å². The van der Waals surface area contributed by atoms with Crippen LogP contribution in [-0.4, -0.2) is 27.3 Å². The van der Waals surface area contributed by atoms with Crippen LogP contribution >= 0.6 is 0 Å². The molecule has 0 radical (unpaired) electrons. The lowest BCUT2D eigenvalue weighted by atomic mass is 9.90. The van der Waals surface area contributed by atoms with E-state index in [0.717, 1.165) is 33.2 Å². The summed E-state index contributed by atoms with van der Waals surface area (Å²) < 4.78 is 21.4. The number of fused-ring (bicyclic) bond motifs is 2. The number of hydrogen-bond donors (Lipinski definition) is 0. The van der Waals surface area contributed by atoms with Crippen molar-refractivity contribution in [2.45, 2.75) is 6.61 Å². The molecule has 0 atom stereocenters. The van der Waals surface area contributed by atoms with Crippen LogP contribution in [0.5, 0.6) is 17.2 Å². The number of ether oxygens (including phenoxy) is 4. The normalized spacial score (nSPS) is 12.7. The van der Waals surface area contributed by atoms with Gasteiger partial charge in [0.25, 0.3) is 0 Å². The van der Waals surface area contributed by atoms with Gasteiger partial charge in [0.2, 0.25) is 0 Å². The van der Waals surface area contributed by atoms with Gasteiger partial charge in [-0.15, -0.1) is 0 Å². The molecule has 26 heavy (non-hydrogen) atoms. The van der Waals surface area contributed by atoms with Crippen LogP contribution in [0.25, 0.3) is 21.9 Å². The van der Waals surface area contributed by atoms with E-state index in [1.54, 1.807) is 21.3 Å². The van der Waals surface area contributed by atoms with Crippen molar-refractivity contribution in [2.75, 3.05) is 21.3 Å². The fraction of sp³-hybridized carbons (Fsp3) is 0.190. The van der Waals surface area contributed by atoms with E-state index in [1.807, 2.05) is 42.5 Å². The topological polar surface area (TPSA) is 54.0 Å². The Bertz CT molecular complexity index is 1010. The summed E-state index contributed by atoms with van der Waals surface area (Å²) in [6, 6.07) is 13.4. The van der Waals surface area contributed by atoms with E-state index >= 15 is 0 Å². The minimum absolute atomic E-state index is 0.264. The number of benzene rings is 3. The predicted molar refractivity (Wildman–Crippen MR) is 98.2 cm³/mol. The lowest BCUT2D eigenvalue weighted by Crippen LogP contribution is -1.97. The number of carbonyl (C=O) groups is 1. The number of esters is 1. The summed E-state index contributed by atoms with van der Waals surface area (Å²) in [5, 5.41) is 1.87. The Kier molecular flexibility index (Phi) is 3.92. The van der Waals surface area contributed by atoms with E-state index < -0.39 is 0 Å². The molecule has 1 aliphatic heterocycles. The van der Waals surface area contributed by atoms with Gasteiger partial charge in [-0.2, -0.15) is 0 Å². The van der Waals surface area contributed by atoms with Gasteiger partial charge in [-0.1, -0.05) is 12.1 Å². The molecule has 132 valence electrons. The van der Waals surface area contributed by atoms with Crippen molar-refractivity contribution >= 4 is 16.7 Å². The third kappa shape index (κ3) is 2.44. The molecule has 1 heterocycles. The lowest BCUT2D eigenvalue weighted by molar-refractivity contribution is 0.0535. The molecule has 0 bridgehead atoms. The molecule has 0 spiro atoms. The molecule has 0 N–H and O–H groups in total. The SMILES string of the molecule is COc1ccc(-c2c3c(cc4cc(OC)c(OC)cc24)C(=O)OC3)cc1. The first-order chi connectivity index (χ1) is 12.7. The van der Waals surface area contributed by atoms with Crippen LogP contribution in [0.4, 0.5) is 0 Å². The van der Waals surface area contributed by atoms with Crippen LogP contribution in [0.15, 0.2) is 42.5 Å². The van der Waals surface area contributed by atoms with Gasteiger partial charge in [-0.3, -0.25) is 0 Å². The second-order valence-corrected chi connectivity index (χ2v) is 6.01. The van der Waals surface area contributed by atoms with Crippen molar-refractivity contribution in [1.29, 1.82) is 0 Å². The van der Waals surface area contributed by atoms with E-state index in [0.29, 0.717) is 17.1 Å². The number of methoxy groups -OCH3 is 3. The van der Waals surface area contributed by atoms with Crippen LogP contribution in [0.1, 0.15) is 15.9 Å². The maximum atomic E-state index is 12.2. The molecule has 4 rings (SSSR count). The van der Waals surface area contributed by atoms with E-state index in [4.69, 9.17) is 18.9 Å². The number of hydrogen-bond acceptors (Lipinski definition) is 5. The number of cyclic esters (lactones) is 1. The molecule has 5 nitrogen and oxygen atoms in total. The molecule has 0 aromatic heterocycles. The van der Waals surface area contributed by atoms with Gasteiger partial charge >= 0.3 is 5.97 Å². The van der Waals surface area contributed by atoms with Gasteiger partial charge in [0.05, 0.1) is 26.9 Å². The molecular weight excluding hydrogens is 332 g/mol. The average Bonchev–Trinajstić information content (AvgIpc) is 3.05. The molecule has 0 saturated carbocycles. The first-order valence-corrected chi connectivity index (χ1v) is 8.19. The first kappa shape index (κ1) is 16.3. The Morgan fingerprint density at radius 3 is 2.23 bits per heavy atom. The smallest absolute Gasteiger partial charge is 0.338 e. The molecule has 0 unspecified atom stereocenters. The molecule has 0 saturated heterocycles. The Morgan fingerprint density at radius 1 is 0.885 bits per heavy atom. The van der Waals surface area contributed by atoms with Gasteiger partial charge in [-0.25, -0.2) is 4.79 Å². The number of rotatable bonds is 4. The van der Waals surface area contributed by atoms with Gasteiger partial charge in [-0.05, 0) is 52.2 Å². The zero-order valence-corrected chi connectivity index (χ0v) is 14.8. The standard InChI is InChI=1S/C21H18O5/c1-23-14-6-4-12(5-7-14)20-15-10-19(25-3)18(24-2)9-13(15)8-16-17(20)11-26-21(16)22/h4-10H,11H2,1-3H3. The molecule has 1 aliphatic rings. The first-order valence-electron chi connectivity index (χ1n) is 8.19. The van der Waals surface area contributed by atoms with Gasteiger partial charge < -0.3 is 18.9 Å². The maximum absolute atomic E-state index is 12.2. The zero-order valence-electron chi connectivity index (χ0n) is 14.8. The van der Waals surface area contributed by atoms with Gasteiger partial charge in [0.15, 0.2) is 11.5 Å². The molecule has 0 amide bonds. The number of carbonyl (C=O) groups excluding carboxylic acids is 1. The molecule has 3 aromatic carbocycles. The van der Waals surface area contributed by atoms with Crippen molar-refractivity contribution in [1.82, 2.24) is 0 Å². The summed E-state index contributed by atoms with van der Waals surface area (Å²) in [5.74, 6) is 1.73. The quantitative estimate of drug-likeness (QED) is 0.660. The third-order valence-corrected chi connectivity index (χ3v) is 4.70. The maximum Gasteiger partial charge on any atom is 0.338 e. The molecular formula is C21H18O5. The fourth-order valence-corrected chi connectivity index (χ4v) is 3.41. The van der Waals surface area contributed by atoms with E-state index in [-0.39, 0.29) is 12.6 Å². The van der Waals surface area contributed by atoms with Crippen molar-refractivity contribution < 1.29 is 23.7 Å². The van der Waals surface area contributed by atoms with E-state index in [2.05, 4.69) is 0 Å². The summed E-state index contributed by atoms with van der Waals surface area (Å²) in [6.07, 6.45) is 0. The minimum atomic E-state index is -0.300. The highest BCUT2D eigenvalue weighted by molar-refractivity contribution is 6.07. The van der Waals surface area contributed by atoms with E-state index in [9.17, 15) is 4.79 Å². The highest BCUT2D eigenvalue weighted by Gasteiger charge is 2.27. The summed E-state index contributed by atoms with van der Waals surface area (Å²) in [7, 11) is 4.83. The van der Waals surface area contributed by atoms with Crippen LogP contribution in [0.3, 0.4) is 0 Å². The van der Waals surface area contributed by atoms with Crippen LogP contribution in [0, 0.1) is 0 Å². The van der Waals surface area contributed by atoms with Gasteiger partial charge in [0, 0.05) is 5.56 Å². The Hall–Kier alpha value is -3.21. The summed E-state index contributed by atoms with van der Waals surface area (Å²) >= 11 is 0. The average molecular weight is 350 g/mol. The summed E-state index contributed by atoms with van der Waals surface area (Å²) in [4.78, 5) is 12.2. The van der Waals surface area contributed by atoms with Crippen molar-refractivity contribution in [3.05, 3.63) is 53.6 Å². The second-order valence-electron chi connectivity index (χ2n) is 6.01. The second kappa shape index (κ2) is 6.26. The molecule has 3 aromatic rings. The molecule has 5 heteroatoms. The van der Waals surface area contributed by atoms with Crippen molar-refractivity contribution in [3.63, 3.8) is 0 Å². The van der Waals surface area contributed by atoms with Crippen molar-refractivity contribution in [3.8, 4) is 28.4 Å². The van der Waals surface area contributed by atoms with Crippen LogP contribution in [-0.2, 0) is 11.3 Å². The van der Waals surface area contributed by atoms with Crippen LogP contribution < -0.4 is 14.2 Å². The fourth-order valence-electron chi connectivity index (χ4n) is 3.41.